The van der Waals surface area contributed by atoms with Crippen LogP contribution in [0.25, 0.3) is 0 Å². The molecule has 0 bridgehead atoms. The molecule has 0 radical (unpaired) electrons. The monoisotopic (exact) mass is 215 g/mol. The molecule has 0 rings (SSSR count). The molecule has 3 heteroatoms. The van der Waals surface area contributed by atoms with Crippen LogP contribution in [0, 0.1) is 11.8 Å². The number of rotatable bonds is 7. The van der Waals surface area contributed by atoms with Crippen molar-refractivity contribution < 1.29 is 9.53 Å². The molecule has 0 aromatic heterocycles. The number of esters is 1. The Morgan fingerprint density at radius 2 is 1.87 bits per heavy atom. The van der Waals surface area contributed by atoms with Crippen LogP contribution in [0.4, 0.5) is 0 Å². The molecule has 2 unspecified atom stereocenters. The molecule has 0 heterocycles. The molecule has 90 valence electrons. The fourth-order valence-electron chi connectivity index (χ4n) is 1.20. The first-order valence-electron chi connectivity index (χ1n) is 5.92. The number of ether oxygens (including phenoxy) is 1. The summed E-state index contributed by atoms with van der Waals surface area (Å²) >= 11 is 0. The molecule has 0 aliphatic heterocycles. The highest BCUT2D eigenvalue weighted by Gasteiger charge is 2.18. The molecule has 3 nitrogen and oxygen atoms in total. The van der Waals surface area contributed by atoms with Gasteiger partial charge in [0.2, 0.25) is 0 Å². The lowest BCUT2D eigenvalue weighted by molar-refractivity contribution is -0.145. The minimum atomic E-state index is -0.147. The van der Waals surface area contributed by atoms with Crippen LogP contribution in [0.3, 0.4) is 0 Å². The first kappa shape index (κ1) is 14.4. The van der Waals surface area contributed by atoms with Gasteiger partial charge in [-0.25, -0.2) is 0 Å². The van der Waals surface area contributed by atoms with Gasteiger partial charge in [-0.2, -0.15) is 0 Å². The second-order valence-electron chi connectivity index (χ2n) is 4.34. The van der Waals surface area contributed by atoms with Crippen molar-refractivity contribution in [2.75, 3.05) is 13.2 Å². The maximum atomic E-state index is 11.5. The van der Waals surface area contributed by atoms with Crippen LogP contribution in [0.15, 0.2) is 0 Å². The fraction of sp³-hybridized carbons (Fsp3) is 0.917. The van der Waals surface area contributed by atoms with Gasteiger partial charge in [0, 0.05) is 0 Å². The predicted molar refractivity (Wildman–Crippen MR) is 62.7 cm³/mol. The van der Waals surface area contributed by atoms with E-state index in [1.807, 2.05) is 13.8 Å². The largest absolute Gasteiger partial charge is 0.465 e. The van der Waals surface area contributed by atoms with Gasteiger partial charge in [0.15, 0.2) is 0 Å². The van der Waals surface area contributed by atoms with E-state index in [2.05, 4.69) is 26.1 Å². The lowest BCUT2D eigenvalue weighted by Crippen LogP contribution is -2.40. The Morgan fingerprint density at radius 3 is 2.27 bits per heavy atom. The molecule has 0 spiro atoms. The quantitative estimate of drug-likeness (QED) is 0.662. The van der Waals surface area contributed by atoms with Crippen LogP contribution < -0.4 is 5.32 Å². The maximum absolute atomic E-state index is 11.5. The Hall–Kier alpha value is -0.570. The van der Waals surface area contributed by atoms with Crippen LogP contribution in [0.2, 0.25) is 0 Å². The van der Waals surface area contributed by atoms with Crippen LogP contribution in [0.5, 0.6) is 0 Å². The zero-order chi connectivity index (χ0) is 11.8. The number of hydrogen-bond donors (Lipinski definition) is 1. The SMILES string of the molecule is CCOC(=O)C(CC)NCC(C)C(C)C. The van der Waals surface area contributed by atoms with Gasteiger partial charge in [0.1, 0.15) is 6.04 Å². The average molecular weight is 215 g/mol. The zero-order valence-electron chi connectivity index (χ0n) is 10.7. The van der Waals surface area contributed by atoms with Gasteiger partial charge in [0.05, 0.1) is 6.61 Å². The fourth-order valence-corrected chi connectivity index (χ4v) is 1.20. The molecule has 15 heavy (non-hydrogen) atoms. The average Bonchev–Trinajstić information content (AvgIpc) is 2.18. The summed E-state index contributed by atoms with van der Waals surface area (Å²) < 4.78 is 4.99. The molecular formula is C12H25NO2. The molecule has 0 aromatic rings. The van der Waals surface area contributed by atoms with E-state index >= 15 is 0 Å². The van der Waals surface area contributed by atoms with Crippen molar-refractivity contribution in [1.82, 2.24) is 5.32 Å². The normalized spacial score (nSPS) is 15.1. The Balaban J connectivity index is 3.94. The highest BCUT2D eigenvalue weighted by Crippen LogP contribution is 2.08. The first-order valence-corrected chi connectivity index (χ1v) is 5.92. The second-order valence-corrected chi connectivity index (χ2v) is 4.34. The number of carbonyl (C=O) groups excluding carboxylic acids is 1. The zero-order valence-corrected chi connectivity index (χ0v) is 10.7. The summed E-state index contributed by atoms with van der Waals surface area (Å²) in [6.45, 7) is 11.7. The van der Waals surface area contributed by atoms with Gasteiger partial charge < -0.3 is 10.1 Å². The number of nitrogens with one attached hydrogen (secondary N) is 1. The van der Waals surface area contributed by atoms with E-state index in [0.29, 0.717) is 18.4 Å². The minimum Gasteiger partial charge on any atom is -0.465 e. The van der Waals surface area contributed by atoms with E-state index in [9.17, 15) is 4.79 Å². The van der Waals surface area contributed by atoms with Crippen LogP contribution >= 0.6 is 0 Å². The predicted octanol–water partition coefficient (Wildman–Crippen LogP) is 2.21. The van der Waals surface area contributed by atoms with Crippen molar-refractivity contribution >= 4 is 5.97 Å². The summed E-state index contributed by atoms with van der Waals surface area (Å²) in [4.78, 5) is 11.5. The van der Waals surface area contributed by atoms with Crippen molar-refractivity contribution in [3.8, 4) is 0 Å². The van der Waals surface area contributed by atoms with E-state index in [0.717, 1.165) is 13.0 Å². The smallest absolute Gasteiger partial charge is 0.323 e. The standard InChI is InChI=1S/C12H25NO2/c1-6-11(12(14)15-7-2)13-8-10(5)9(3)4/h9-11,13H,6-8H2,1-5H3. The van der Waals surface area contributed by atoms with E-state index < -0.39 is 0 Å². The van der Waals surface area contributed by atoms with Gasteiger partial charge in [-0.15, -0.1) is 0 Å². The number of carbonyl (C=O) groups is 1. The van der Waals surface area contributed by atoms with Gasteiger partial charge in [-0.1, -0.05) is 27.7 Å². The molecular weight excluding hydrogens is 190 g/mol. The van der Waals surface area contributed by atoms with E-state index in [4.69, 9.17) is 4.74 Å². The lowest BCUT2D eigenvalue weighted by Gasteiger charge is -2.20. The van der Waals surface area contributed by atoms with Crippen molar-refractivity contribution in [3.63, 3.8) is 0 Å². The Morgan fingerprint density at radius 1 is 1.27 bits per heavy atom. The maximum Gasteiger partial charge on any atom is 0.323 e. The van der Waals surface area contributed by atoms with Crippen molar-refractivity contribution in [2.24, 2.45) is 11.8 Å². The third-order valence-corrected chi connectivity index (χ3v) is 2.80. The Bertz CT molecular complexity index is 180. The van der Waals surface area contributed by atoms with Crippen molar-refractivity contribution in [1.29, 1.82) is 0 Å². The molecule has 0 aromatic carbocycles. The van der Waals surface area contributed by atoms with Crippen molar-refractivity contribution in [3.05, 3.63) is 0 Å². The first-order chi connectivity index (χ1) is 7.02. The third-order valence-electron chi connectivity index (χ3n) is 2.80. The number of hydrogen-bond acceptors (Lipinski definition) is 3. The van der Waals surface area contributed by atoms with E-state index in [1.165, 1.54) is 0 Å². The van der Waals surface area contributed by atoms with Crippen LogP contribution in [-0.4, -0.2) is 25.2 Å². The highest BCUT2D eigenvalue weighted by molar-refractivity contribution is 5.75. The van der Waals surface area contributed by atoms with E-state index in [-0.39, 0.29) is 12.0 Å². The second kappa shape index (κ2) is 7.69. The summed E-state index contributed by atoms with van der Waals surface area (Å²) in [5, 5.41) is 3.26. The van der Waals surface area contributed by atoms with Gasteiger partial charge >= 0.3 is 5.97 Å². The molecule has 0 fully saturated rings. The molecule has 0 aliphatic carbocycles. The Labute approximate surface area is 93.6 Å². The van der Waals surface area contributed by atoms with Crippen LogP contribution in [0.1, 0.15) is 41.0 Å². The van der Waals surface area contributed by atoms with E-state index in [1.54, 1.807) is 0 Å². The molecule has 0 aliphatic rings. The minimum absolute atomic E-state index is 0.129. The summed E-state index contributed by atoms with van der Waals surface area (Å²) in [5.41, 5.74) is 0. The lowest BCUT2D eigenvalue weighted by atomic mass is 9.98. The van der Waals surface area contributed by atoms with Gasteiger partial charge in [-0.05, 0) is 31.7 Å². The summed E-state index contributed by atoms with van der Waals surface area (Å²) in [7, 11) is 0. The summed E-state index contributed by atoms with van der Waals surface area (Å²) in [6, 6.07) is -0.147. The van der Waals surface area contributed by atoms with Gasteiger partial charge in [-0.3, -0.25) is 4.79 Å². The third kappa shape index (κ3) is 5.78. The molecule has 0 saturated carbocycles. The Kier molecular flexibility index (Phi) is 7.39. The van der Waals surface area contributed by atoms with Gasteiger partial charge in [0.25, 0.3) is 0 Å². The highest BCUT2D eigenvalue weighted by atomic mass is 16.5. The van der Waals surface area contributed by atoms with Crippen LogP contribution in [-0.2, 0) is 9.53 Å². The summed E-state index contributed by atoms with van der Waals surface area (Å²) in [6.07, 6.45) is 0.781. The molecule has 0 amide bonds. The summed E-state index contributed by atoms with van der Waals surface area (Å²) in [5.74, 6) is 1.08. The molecule has 0 saturated heterocycles. The molecule has 2 atom stereocenters. The molecule has 1 N–H and O–H groups in total. The topological polar surface area (TPSA) is 38.3 Å². The van der Waals surface area contributed by atoms with Crippen molar-refractivity contribution in [2.45, 2.75) is 47.1 Å².